The van der Waals surface area contributed by atoms with Crippen molar-refractivity contribution in [3.63, 3.8) is 0 Å². The van der Waals surface area contributed by atoms with Crippen LogP contribution in [0, 0.1) is 17.7 Å². The molecule has 31 heavy (non-hydrogen) atoms. The van der Waals surface area contributed by atoms with Crippen LogP contribution < -0.4 is 5.32 Å². The lowest BCUT2D eigenvalue weighted by Crippen LogP contribution is -2.54. The summed E-state index contributed by atoms with van der Waals surface area (Å²) in [6.07, 6.45) is 3.26. The summed E-state index contributed by atoms with van der Waals surface area (Å²) in [7, 11) is 0. The highest BCUT2D eigenvalue weighted by Gasteiger charge is 2.34. The lowest BCUT2D eigenvalue weighted by molar-refractivity contribution is -0.136. The molecule has 170 valence electrons. The zero-order valence-corrected chi connectivity index (χ0v) is 18.7. The highest BCUT2D eigenvalue weighted by Crippen LogP contribution is 2.26. The first kappa shape index (κ1) is 22.2. The molecule has 6 nitrogen and oxygen atoms in total. The van der Waals surface area contributed by atoms with Crippen molar-refractivity contribution in [3.8, 4) is 0 Å². The van der Waals surface area contributed by atoms with Gasteiger partial charge in [0.05, 0.1) is 6.54 Å². The Kier molecular flexibility index (Phi) is 6.92. The molecule has 7 heteroatoms. The topological polar surface area (TPSA) is 55.9 Å². The van der Waals surface area contributed by atoms with Gasteiger partial charge in [-0.05, 0) is 48.8 Å². The monoisotopic (exact) mass is 430 g/mol. The third-order valence-electron chi connectivity index (χ3n) is 6.71. The molecule has 1 aliphatic carbocycles. The average Bonchev–Trinajstić information content (AvgIpc) is 3.54. The van der Waals surface area contributed by atoms with Crippen LogP contribution in [0.25, 0.3) is 0 Å². The van der Waals surface area contributed by atoms with Gasteiger partial charge in [-0.1, -0.05) is 26.0 Å². The molecule has 1 aromatic carbocycles. The molecule has 0 bridgehead atoms. The summed E-state index contributed by atoms with van der Waals surface area (Å²) in [6.45, 7) is 9.52. The molecule has 3 atom stereocenters. The minimum absolute atomic E-state index is 0.00470. The summed E-state index contributed by atoms with van der Waals surface area (Å²) in [4.78, 5) is 32.2. The van der Waals surface area contributed by atoms with E-state index in [9.17, 15) is 14.0 Å². The van der Waals surface area contributed by atoms with Crippen LogP contribution in [-0.2, 0) is 9.59 Å². The number of nitrogens with one attached hydrogen (secondary N) is 1. The van der Waals surface area contributed by atoms with Crippen molar-refractivity contribution in [2.24, 2.45) is 11.8 Å². The molecule has 2 amide bonds. The maximum Gasteiger partial charge on any atom is 0.242 e. The summed E-state index contributed by atoms with van der Waals surface area (Å²) in [5.41, 5.74) is 0.820. The van der Waals surface area contributed by atoms with Crippen LogP contribution in [0.5, 0.6) is 0 Å². The number of hydrogen-bond acceptors (Lipinski definition) is 4. The van der Waals surface area contributed by atoms with Crippen LogP contribution in [0.1, 0.15) is 44.7 Å². The standard InChI is InChI=1S/C24H35FN4O2/c1-17-13-18(2)15-29(14-17)22(30)16-27-9-11-28(12-10-27)23(24(31)26-21-7-8-21)19-3-5-20(25)6-4-19/h3-6,17-18,21,23H,7-16H2,1-2H3,(H,26,31). The fourth-order valence-corrected chi connectivity index (χ4v) is 5.02. The molecule has 3 fully saturated rings. The molecule has 3 unspecified atom stereocenters. The largest absolute Gasteiger partial charge is 0.352 e. The van der Waals surface area contributed by atoms with Crippen molar-refractivity contribution in [1.82, 2.24) is 20.0 Å². The summed E-state index contributed by atoms with van der Waals surface area (Å²) in [5.74, 6) is 1.04. The van der Waals surface area contributed by atoms with Gasteiger partial charge in [0.1, 0.15) is 11.9 Å². The third kappa shape index (κ3) is 5.83. The first-order valence-corrected chi connectivity index (χ1v) is 11.7. The van der Waals surface area contributed by atoms with E-state index in [0.717, 1.165) is 44.6 Å². The van der Waals surface area contributed by atoms with E-state index in [1.54, 1.807) is 12.1 Å². The number of hydrogen-bond donors (Lipinski definition) is 1. The quantitative estimate of drug-likeness (QED) is 0.752. The molecule has 0 aromatic heterocycles. The van der Waals surface area contributed by atoms with E-state index in [1.807, 2.05) is 4.90 Å². The number of amides is 2. The molecule has 2 saturated heterocycles. The number of nitrogens with zero attached hydrogens (tertiary/aromatic N) is 3. The molecule has 1 saturated carbocycles. The van der Waals surface area contributed by atoms with Gasteiger partial charge in [0, 0.05) is 45.3 Å². The van der Waals surface area contributed by atoms with Crippen molar-refractivity contribution in [1.29, 1.82) is 0 Å². The van der Waals surface area contributed by atoms with E-state index in [4.69, 9.17) is 0 Å². The van der Waals surface area contributed by atoms with Crippen LogP contribution in [0.3, 0.4) is 0 Å². The minimum Gasteiger partial charge on any atom is -0.352 e. The maximum atomic E-state index is 13.4. The Morgan fingerprint density at radius 3 is 2.23 bits per heavy atom. The van der Waals surface area contributed by atoms with Crippen molar-refractivity contribution < 1.29 is 14.0 Å². The Balaban J connectivity index is 1.35. The number of benzene rings is 1. The van der Waals surface area contributed by atoms with Gasteiger partial charge in [0.15, 0.2) is 0 Å². The zero-order chi connectivity index (χ0) is 22.0. The highest BCUT2D eigenvalue weighted by molar-refractivity contribution is 5.83. The number of likely N-dealkylation sites (tertiary alicyclic amines) is 1. The number of rotatable bonds is 6. The fourth-order valence-electron chi connectivity index (χ4n) is 5.02. The van der Waals surface area contributed by atoms with Crippen molar-refractivity contribution in [2.45, 2.75) is 45.2 Å². The highest BCUT2D eigenvalue weighted by atomic mass is 19.1. The molecule has 2 heterocycles. The predicted molar refractivity (Wildman–Crippen MR) is 118 cm³/mol. The number of carbonyl (C=O) groups is 2. The van der Waals surface area contributed by atoms with Crippen LogP contribution >= 0.6 is 0 Å². The molecule has 1 N–H and O–H groups in total. The minimum atomic E-state index is -0.414. The first-order valence-electron chi connectivity index (χ1n) is 11.7. The predicted octanol–water partition coefficient (Wildman–Crippen LogP) is 2.27. The molecular formula is C24H35FN4O2. The Bertz CT molecular complexity index is 764. The van der Waals surface area contributed by atoms with Crippen molar-refractivity contribution in [2.75, 3.05) is 45.8 Å². The van der Waals surface area contributed by atoms with Gasteiger partial charge in [0.2, 0.25) is 11.8 Å². The molecule has 0 spiro atoms. The van der Waals surface area contributed by atoms with Crippen LogP contribution in [-0.4, -0.2) is 78.4 Å². The number of carbonyl (C=O) groups excluding carboxylic acids is 2. The SMILES string of the molecule is CC1CC(C)CN(C(=O)CN2CCN(C(C(=O)NC3CC3)c3ccc(F)cc3)CC2)C1. The number of halogens is 1. The average molecular weight is 431 g/mol. The van der Waals surface area contributed by atoms with Gasteiger partial charge in [-0.15, -0.1) is 0 Å². The van der Waals surface area contributed by atoms with Gasteiger partial charge in [-0.3, -0.25) is 19.4 Å². The van der Waals surface area contributed by atoms with E-state index < -0.39 is 6.04 Å². The smallest absolute Gasteiger partial charge is 0.242 e. The van der Waals surface area contributed by atoms with Gasteiger partial charge in [-0.25, -0.2) is 4.39 Å². The van der Waals surface area contributed by atoms with E-state index in [2.05, 4.69) is 29.0 Å². The summed E-state index contributed by atoms with van der Waals surface area (Å²) in [5, 5.41) is 3.11. The molecule has 2 aliphatic heterocycles. The maximum absolute atomic E-state index is 13.4. The lowest BCUT2D eigenvalue weighted by atomic mass is 9.92. The van der Waals surface area contributed by atoms with Crippen molar-refractivity contribution >= 4 is 11.8 Å². The Labute approximate surface area is 184 Å². The van der Waals surface area contributed by atoms with Gasteiger partial charge >= 0.3 is 0 Å². The zero-order valence-electron chi connectivity index (χ0n) is 18.7. The van der Waals surface area contributed by atoms with Gasteiger partial charge in [0.25, 0.3) is 0 Å². The Hall–Kier alpha value is -1.99. The molecule has 4 rings (SSSR count). The molecule has 1 aromatic rings. The number of piperazine rings is 1. The van der Waals surface area contributed by atoms with Gasteiger partial charge in [-0.2, -0.15) is 0 Å². The fraction of sp³-hybridized carbons (Fsp3) is 0.667. The normalized spacial score (nSPS) is 26.5. The second-order valence-electron chi connectivity index (χ2n) is 9.79. The van der Waals surface area contributed by atoms with Crippen LogP contribution in [0.4, 0.5) is 4.39 Å². The second-order valence-corrected chi connectivity index (χ2v) is 9.79. The van der Waals surface area contributed by atoms with Crippen molar-refractivity contribution in [3.05, 3.63) is 35.6 Å². The van der Waals surface area contributed by atoms with Gasteiger partial charge < -0.3 is 10.2 Å². The Morgan fingerprint density at radius 2 is 1.65 bits per heavy atom. The first-order chi connectivity index (χ1) is 14.9. The number of piperidine rings is 1. The van der Waals surface area contributed by atoms with Crippen LogP contribution in [0.15, 0.2) is 24.3 Å². The lowest BCUT2D eigenvalue weighted by Gasteiger charge is -2.40. The van der Waals surface area contributed by atoms with Crippen LogP contribution in [0.2, 0.25) is 0 Å². The molecular weight excluding hydrogens is 395 g/mol. The van der Waals surface area contributed by atoms with E-state index in [0.29, 0.717) is 31.5 Å². The summed E-state index contributed by atoms with van der Waals surface area (Å²) < 4.78 is 13.4. The van der Waals surface area contributed by atoms with E-state index in [1.165, 1.54) is 18.6 Å². The summed E-state index contributed by atoms with van der Waals surface area (Å²) >= 11 is 0. The van der Waals surface area contributed by atoms with E-state index >= 15 is 0 Å². The summed E-state index contributed by atoms with van der Waals surface area (Å²) in [6, 6.07) is 6.12. The third-order valence-corrected chi connectivity index (χ3v) is 6.71. The molecule has 3 aliphatic rings. The second kappa shape index (κ2) is 9.65. The molecule has 0 radical (unpaired) electrons. The Morgan fingerprint density at radius 1 is 1.03 bits per heavy atom. The van der Waals surface area contributed by atoms with E-state index in [-0.39, 0.29) is 23.7 Å².